The van der Waals surface area contributed by atoms with E-state index in [1.54, 1.807) is 50.1 Å². The summed E-state index contributed by atoms with van der Waals surface area (Å²) in [5, 5.41) is 21.1. The number of phenolic OH excluding ortho intramolecular Hbond substituents is 1. The van der Waals surface area contributed by atoms with Crippen molar-refractivity contribution >= 4 is 34.9 Å². The van der Waals surface area contributed by atoms with Crippen molar-refractivity contribution < 1.29 is 9.90 Å². The average molecular weight is 426 g/mol. The molecule has 2 heterocycles. The molecule has 0 aliphatic heterocycles. The summed E-state index contributed by atoms with van der Waals surface area (Å²) in [4.78, 5) is 19.6. The quantitative estimate of drug-likeness (QED) is 0.186. The van der Waals surface area contributed by atoms with Crippen LogP contribution in [0.25, 0.3) is 22.0 Å². The highest BCUT2D eigenvalue weighted by atomic mass is 16.3. The molecule has 0 unspecified atom stereocenters. The number of aromatic nitrogens is 3. The van der Waals surface area contributed by atoms with Crippen LogP contribution < -0.4 is 5.32 Å². The van der Waals surface area contributed by atoms with Gasteiger partial charge >= 0.3 is 0 Å². The van der Waals surface area contributed by atoms with Gasteiger partial charge in [-0.05, 0) is 41.5 Å². The van der Waals surface area contributed by atoms with E-state index in [9.17, 15) is 9.90 Å². The van der Waals surface area contributed by atoms with Gasteiger partial charge in [0.2, 0.25) is 0 Å². The molecule has 2 aromatic carbocycles. The minimum Gasteiger partial charge on any atom is -0.506 e. The van der Waals surface area contributed by atoms with Crippen LogP contribution in [0, 0.1) is 0 Å². The standard InChI is InChI=1S/C24H22N6O2/c1-25-24(29-21-6-5-17(11-23(21)32)19-13-27-28-14-19)7-8-26-12-16-3-4-18-10-20(15-31)30(2)22(18)9-16/h3-15,32H,1-2H3,(H,25,29)(H,27,28)/b8-7-,26-12+. The number of anilines is 1. The number of carbonyl (C=O) groups excluding carboxylic acids is 1. The van der Waals surface area contributed by atoms with Crippen LogP contribution in [0.15, 0.2) is 77.1 Å². The summed E-state index contributed by atoms with van der Waals surface area (Å²) >= 11 is 0. The predicted molar refractivity (Wildman–Crippen MR) is 128 cm³/mol. The van der Waals surface area contributed by atoms with E-state index < -0.39 is 0 Å². The molecule has 0 atom stereocenters. The molecule has 0 bridgehead atoms. The molecule has 0 amide bonds. The molecule has 32 heavy (non-hydrogen) atoms. The Hall–Kier alpha value is -4.46. The fraction of sp³-hybridized carbons (Fsp3) is 0.0833. The van der Waals surface area contributed by atoms with Crippen LogP contribution in [-0.4, -0.2) is 45.3 Å². The summed E-state index contributed by atoms with van der Waals surface area (Å²) in [5.41, 5.74) is 4.79. The maximum Gasteiger partial charge on any atom is 0.166 e. The second-order valence-corrected chi connectivity index (χ2v) is 7.11. The van der Waals surface area contributed by atoms with Crippen LogP contribution >= 0.6 is 0 Å². The number of amidine groups is 1. The first-order valence-corrected chi connectivity index (χ1v) is 9.89. The van der Waals surface area contributed by atoms with Crippen molar-refractivity contribution in [2.75, 3.05) is 12.4 Å². The van der Waals surface area contributed by atoms with Gasteiger partial charge in [-0.1, -0.05) is 18.2 Å². The monoisotopic (exact) mass is 426 g/mol. The molecule has 4 rings (SSSR count). The van der Waals surface area contributed by atoms with Crippen LogP contribution in [0.5, 0.6) is 5.75 Å². The second-order valence-electron chi connectivity index (χ2n) is 7.11. The third kappa shape index (κ3) is 4.34. The Bertz CT molecular complexity index is 1350. The molecule has 8 heteroatoms. The number of hydrogen-bond acceptors (Lipinski definition) is 5. The zero-order valence-electron chi connectivity index (χ0n) is 17.6. The van der Waals surface area contributed by atoms with Gasteiger partial charge in [-0.15, -0.1) is 0 Å². The van der Waals surface area contributed by atoms with Crippen molar-refractivity contribution in [3.05, 3.63) is 78.4 Å². The molecule has 0 aliphatic rings. The molecule has 2 aromatic heterocycles. The Labute approximate surface area is 184 Å². The molecule has 0 saturated heterocycles. The zero-order valence-corrected chi connectivity index (χ0v) is 17.6. The summed E-state index contributed by atoms with van der Waals surface area (Å²) in [6.45, 7) is 0. The SMILES string of the molecule is C\N=C(/C=C\N=C\c1ccc2cc(C=O)n(C)c2c1)Nc1ccc(-c2cn[nH]c2)cc1O. The van der Waals surface area contributed by atoms with Crippen LogP contribution in [0.3, 0.4) is 0 Å². The number of rotatable bonds is 6. The third-order valence-electron chi connectivity index (χ3n) is 5.10. The average Bonchev–Trinajstić information content (AvgIpc) is 3.45. The lowest BCUT2D eigenvalue weighted by molar-refractivity contribution is 0.111. The topological polar surface area (TPSA) is 108 Å². The molecular weight excluding hydrogens is 404 g/mol. The number of fused-ring (bicyclic) bond motifs is 1. The summed E-state index contributed by atoms with van der Waals surface area (Å²) < 4.78 is 1.85. The Morgan fingerprint density at radius 3 is 2.78 bits per heavy atom. The number of hydrogen-bond donors (Lipinski definition) is 3. The molecule has 3 N–H and O–H groups in total. The van der Waals surface area contributed by atoms with Crippen molar-refractivity contribution in [1.29, 1.82) is 0 Å². The van der Waals surface area contributed by atoms with E-state index in [1.807, 2.05) is 41.9 Å². The highest BCUT2D eigenvalue weighted by Crippen LogP contribution is 2.29. The number of aryl methyl sites for hydroxylation is 1. The molecule has 8 nitrogen and oxygen atoms in total. The van der Waals surface area contributed by atoms with Crippen LogP contribution in [0.1, 0.15) is 16.1 Å². The predicted octanol–water partition coefficient (Wildman–Crippen LogP) is 4.16. The van der Waals surface area contributed by atoms with E-state index in [1.165, 1.54) is 0 Å². The number of H-pyrrole nitrogens is 1. The fourth-order valence-electron chi connectivity index (χ4n) is 3.34. The number of nitrogens with zero attached hydrogens (tertiary/aromatic N) is 4. The van der Waals surface area contributed by atoms with Crippen molar-refractivity contribution in [2.45, 2.75) is 0 Å². The van der Waals surface area contributed by atoms with Gasteiger partial charge < -0.3 is 15.0 Å². The van der Waals surface area contributed by atoms with Gasteiger partial charge in [-0.3, -0.25) is 19.9 Å². The first-order valence-electron chi connectivity index (χ1n) is 9.89. The molecule has 4 aromatic rings. The number of aliphatic imine (C=N–C) groups is 2. The second kappa shape index (κ2) is 9.13. The van der Waals surface area contributed by atoms with Gasteiger partial charge in [-0.25, -0.2) is 0 Å². The van der Waals surface area contributed by atoms with Crippen molar-refractivity contribution in [1.82, 2.24) is 14.8 Å². The smallest absolute Gasteiger partial charge is 0.166 e. The van der Waals surface area contributed by atoms with E-state index in [-0.39, 0.29) is 5.75 Å². The molecule has 0 spiro atoms. The van der Waals surface area contributed by atoms with Gasteiger partial charge in [-0.2, -0.15) is 5.10 Å². The Morgan fingerprint density at radius 2 is 2.06 bits per heavy atom. The van der Waals surface area contributed by atoms with Gasteiger partial charge in [0.1, 0.15) is 11.6 Å². The van der Waals surface area contributed by atoms with Crippen molar-refractivity contribution in [3.8, 4) is 16.9 Å². The molecule has 0 radical (unpaired) electrons. The van der Waals surface area contributed by atoms with E-state index in [2.05, 4.69) is 25.5 Å². The van der Waals surface area contributed by atoms with Gasteiger partial charge in [0.25, 0.3) is 0 Å². The number of benzene rings is 2. The van der Waals surface area contributed by atoms with E-state index in [0.717, 1.165) is 33.9 Å². The number of aromatic hydroxyl groups is 1. The van der Waals surface area contributed by atoms with E-state index in [4.69, 9.17) is 0 Å². The summed E-state index contributed by atoms with van der Waals surface area (Å²) in [7, 11) is 3.51. The normalized spacial score (nSPS) is 12.2. The van der Waals surface area contributed by atoms with Gasteiger partial charge in [0.15, 0.2) is 6.29 Å². The van der Waals surface area contributed by atoms with Crippen molar-refractivity contribution in [3.63, 3.8) is 0 Å². The molecule has 0 aliphatic carbocycles. The largest absolute Gasteiger partial charge is 0.506 e. The Balaban J connectivity index is 1.44. The maximum atomic E-state index is 11.1. The molecule has 0 saturated carbocycles. The van der Waals surface area contributed by atoms with Gasteiger partial charge in [0.05, 0.1) is 17.6 Å². The lowest BCUT2D eigenvalue weighted by atomic mass is 10.1. The fourth-order valence-corrected chi connectivity index (χ4v) is 3.34. The zero-order chi connectivity index (χ0) is 22.5. The number of aromatic amines is 1. The Morgan fingerprint density at radius 1 is 1.19 bits per heavy atom. The molecule has 0 fully saturated rings. The van der Waals surface area contributed by atoms with Crippen LogP contribution in [0.4, 0.5) is 5.69 Å². The summed E-state index contributed by atoms with van der Waals surface area (Å²) in [6.07, 6.45) is 9.37. The number of phenols is 1. The highest BCUT2D eigenvalue weighted by Gasteiger charge is 2.07. The lowest BCUT2D eigenvalue weighted by Crippen LogP contribution is -2.08. The minimum absolute atomic E-state index is 0.104. The maximum absolute atomic E-state index is 11.1. The van der Waals surface area contributed by atoms with Gasteiger partial charge in [0, 0.05) is 49.2 Å². The molecule has 160 valence electrons. The third-order valence-corrected chi connectivity index (χ3v) is 5.10. The van der Waals surface area contributed by atoms with Crippen LogP contribution in [0.2, 0.25) is 0 Å². The number of carbonyl (C=O) groups is 1. The summed E-state index contributed by atoms with van der Waals surface area (Å²) in [5.74, 6) is 0.648. The highest BCUT2D eigenvalue weighted by molar-refractivity contribution is 6.04. The van der Waals surface area contributed by atoms with Crippen LogP contribution in [-0.2, 0) is 7.05 Å². The summed E-state index contributed by atoms with van der Waals surface area (Å²) in [6, 6.07) is 13.1. The Kier molecular flexibility index (Phi) is 5.94. The number of nitrogens with one attached hydrogen (secondary N) is 2. The molecular formula is C24H22N6O2. The lowest BCUT2D eigenvalue weighted by Gasteiger charge is -2.09. The van der Waals surface area contributed by atoms with E-state index in [0.29, 0.717) is 17.2 Å². The first-order chi connectivity index (χ1) is 15.6. The van der Waals surface area contributed by atoms with Crippen molar-refractivity contribution in [2.24, 2.45) is 17.0 Å². The van der Waals surface area contributed by atoms with E-state index >= 15 is 0 Å². The number of aldehydes is 1. The first kappa shape index (κ1) is 20.8. The minimum atomic E-state index is 0.104.